The van der Waals surface area contributed by atoms with Gasteiger partial charge in [-0.3, -0.25) is 4.79 Å². The van der Waals surface area contributed by atoms with Crippen molar-refractivity contribution in [2.45, 2.75) is 12.5 Å². The fourth-order valence-corrected chi connectivity index (χ4v) is 2.12. The van der Waals surface area contributed by atoms with E-state index in [0.717, 1.165) is 0 Å². The summed E-state index contributed by atoms with van der Waals surface area (Å²) < 4.78 is 0. The molecule has 0 aromatic heterocycles. The number of amides is 1. The topological polar surface area (TPSA) is 64.6 Å². The van der Waals surface area contributed by atoms with Crippen LogP contribution in [-0.4, -0.2) is 55.2 Å². The molecule has 1 amide bonds. The summed E-state index contributed by atoms with van der Waals surface area (Å²) in [6.45, 7) is 2.70. The van der Waals surface area contributed by atoms with Crippen molar-refractivity contribution >= 4 is 23.2 Å². The molecule has 20 heavy (non-hydrogen) atoms. The van der Waals surface area contributed by atoms with Crippen molar-refractivity contribution in [1.82, 2.24) is 10.2 Å². The molecule has 0 heterocycles. The summed E-state index contributed by atoms with van der Waals surface area (Å²) in [4.78, 5) is 13.6. The molecule has 0 saturated heterocycles. The predicted octanol–water partition coefficient (Wildman–Crippen LogP) is 1.18. The first-order valence-corrected chi connectivity index (χ1v) is 6.80. The Morgan fingerprint density at radius 1 is 1.40 bits per heavy atom. The molecular weight excluding hydrogens is 278 g/mol. The number of aliphatic hydroxyl groups is 1. The Bertz CT molecular complexity index is 450. The van der Waals surface area contributed by atoms with Crippen molar-refractivity contribution in [1.29, 1.82) is 0 Å². The quantitative estimate of drug-likeness (QED) is 0.707. The van der Waals surface area contributed by atoms with Crippen molar-refractivity contribution in [2.75, 3.05) is 39.0 Å². The lowest BCUT2D eigenvalue weighted by atomic mass is 10.1. The molecule has 1 rings (SSSR count). The van der Waals surface area contributed by atoms with Gasteiger partial charge >= 0.3 is 0 Å². The van der Waals surface area contributed by atoms with E-state index in [9.17, 15) is 9.90 Å². The van der Waals surface area contributed by atoms with Crippen molar-refractivity contribution in [3.63, 3.8) is 0 Å². The first-order valence-electron chi connectivity index (χ1n) is 6.42. The molecule has 0 aliphatic rings. The molecular formula is C14H22ClN3O2. The Morgan fingerprint density at radius 2 is 2.05 bits per heavy atom. The third kappa shape index (κ3) is 6.34. The molecule has 0 bridgehead atoms. The first kappa shape index (κ1) is 16.9. The first-order chi connectivity index (χ1) is 9.30. The van der Waals surface area contributed by atoms with Crippen LogP contribution in [0.1, 0.15) is 6.92 Å². The number of anilines is 1. The van der Waals surface area contributed by atoms with Crippen LogP contribution in [0.3, 0.4) is 0 Å². The van der Waals surface area contributed by atoms with Crippen LogP contribution in [0.4, 0.5) is 5.69 Å². The fourth-order valence-electron chi connectivity index (χ4n) is 1.94. The van der Waals surface area contributed by atoms with Gasteiger partial charge in [-0.05, 0) is 33.2 Å². The number of nitrogens with one attached hydrogen (secondary N) is 2. The summed E-state index contributed by atoms with van der Waals surface area (Å²) in [6.07, 6.45) is 0. The molecule has 0 spiro atoms. The number of nitrogens with zero attached hydrogens (tertiary/aromatic N) is 1. The van der Waals surface area contributed by atoms with Gasteiger partial charge < -0.3 is 20.6 Å². The minimum Gasteiger partial charge on any atom is -0.388 e. The molecule has 112 valence electrons. The molecule has 1 aromatic carbocycles. The number of hydrogen-bond donors (Lipinski definition) is 3. The van der Waals surface area contributed by atoms with Gasteiger partial charge in [0, 0.05) is 13.1 Å². The summed E-state index contributed by atoms with van der Waals surface area (Å²) in [7, 11) is 3.77. The second-order valence-corrected chi connectivity index (χ2v) is 5.77. The average molecular weight is 300 g/mol. The molecule has 1 aromatic rings. The lowest BCUT2D eigenvalue weighted by Gasteiger charge is -2.27. The largest absolute Gasteiger partial charge is 0.388 e. The molecule has 0 fully saturated rings. The molecule has 0 saturated carbocycles. The smallest absolute Gasteiger partial charge is 0.238 e. The normalized spacial score (nSPS) is 14.1. The maximum absolute atomic E-state index is 11.7. The lowest BCUT2D eigenvalue weighted by Crippen LogP contribution is -2.47. The number of benzene rings is 1. The highest BCUT2D eigenvalue weighted by molar-refractivity contribution is 6.33. The van der Waals surface area contributed by atoms with Crippen molar-refractivity contribution in [3.8, 4) is 0 Å². The molecule has 3 N–H and O–H groups in total. The van der Waals surface area contributed by atoms with E-state index in [2.05, 4.69) is 10.6 Å². The van der Waals surface area contributed by atoms with Gasteiger partial charge in [-0.2, -0.15) is 0 Å². The number of rotatable bonds is 7. The monoisotopic (exact) mass is 299 g/mol. The Labute approximate surface area is 124 Å². The van der Waals surface area contributed by atoms with Crippen LogP contribution in [0.5, 0.6) is 0 Å². The van der Waals surface area contributed by atoms with Gasteiger partial charge in [0.2, 0.25) is 5.91 Å². The third-order valence-electron chi connectivity index (χ3n) is 2.60. The van der Waals surface area contributed by atoms with Crippen molar-refractivity contribution in [3.05, 3.63) is 29.3 Å². The van der Waals surface area contributed by atoms with Crippen LogP contribution in [-0.2, 0) is 4.79 Å². The molecule has 0 aliphatic heterocycles. The van der Waals surface area contributed by atoms with Crippen LogP contribution >= 0.6 is 11.6 Å². The minimum atomic E-state index is -0.881. The van der Waals surface area contributed by atoms with Crippen LogP contribution in [0.15, 0.2) is 24.3 Å². The predicted molar refractivity (Wildman–Crippen MR) is 82.1 cm³/mol. The molecule has 1 unspecified atom stereocenters. The van der Waals surface area contributed by atoms with E-state index in [0.29, 0.717) is 23.8 Å². The third-order valence-corrected chi connectivity index (χ3v) is 2.93. The van der Waals surface area contributed by atoms with E-state index >= 15 is 0 Å². The Kier molecular flexibility index (Phi) is 6.42. The van der Waals surface area contributed by atoms with Crippen LogP contribution in [0.2, 0.25) is 5.02 Å². The zero-order valence-electron chi connectivity index (χ0n) is 12.1. The van der Waals surface area contributed by atoms with E-state index in [4.69, 9.17) is 11.6 Å². The zero-order valence-corrected chi connectivity index (χ0v) is 12.9. The molecule has 6 heteroatoms. The van der Waals surface area contributed by atoms with E-state index in [-0.39, 0.29) is 12.5 Å². The summed E-state index contributed by atoms with van der Waals surface area (Å²) >= 11 is 5.95. The van der Waals surface area contributed by atoms with E-state index in [1.165, 1.54) is 0 Å². The average Bonchev–Trinajstić information content (AvgIpc) is 2.30. The summed E-state index contributed by atoms with van der Waals surface area (Å²) in [5.41, 5.74) is -0.297. The number of likely N-dealkylation sites (N-methyl/N-ethyl adjacent to an activating group) is 1. The Morgan fingerprint density at radius 3 is 2.65 bits per heavy atom. The summed E-state index contributed by atoms with van der Waals surface area (Å²) in [5, 5.41) is 16.2. The zero-order chi connectivity index (χ0) is 15.2. The molecule has 1 atom stereocenters. The molecule has 0 radical (unpaired) electrons. The van der Waals surface area contributed by atoms with Crippen LogP contribution in [0, 0.1) is 0 Å². The Balaban J connectivity index is 2.36. The second-order valence-electron chi connectivity index (χ2n) is 5.37. The summed E-state index contributed by atoms with van der Waals surface area (Å²) in [5.74, 6) is -0.196. The minimum absolute atomic E-state index is 0.120. The molecule has 0 aliphatic carbocycles. The SMILES string of the molecule is CN(C)CC(C)(O)CNCC(=O)Nc1ccccc1Cl. The number of carbonyl (C=O) groups excluding carboxylic acids is 1. The maximum Gasteiger partial charge on any atom is 0.238 e. The van der Waals surface area contributed by atoms with Crippen LogP contribution in [0.25, 0.3) is 0 Å². The summed E-state index contributed by atoms with van der Waals surface area (Å²) in [6, 6.07) is 7.06. The van der Waals surface area contributed by atoms with Gasteiger partial charge in [0.25, 0.3) is 0 Å². The number of carbonyl (C=O) groups is 1. The van der Waals surface area contributed by atoms with E-state index < -0.39 is 5.60 Å². The van der Waals surface area contributed by atoms with E-state index in [1.807, 2.05) is 19.0 Å². The highest BCUT2D eigenvalue weighted by Gasteiger charge is 2.21. The highest BCUT2D eigenvalue weighted by Crippen LogP contribution is 2.19. The van der Waals surface area contributed by atoms with Gasteiger partial charge in [0.1, 0.15) is 0 Å². The van der Waals surface area contributed by atoms with Gasteiger partial charge in [-0.15, -0.1) is 0 Å². The maximum atomic E-state index is 11.7. The van der Waals surface area contributed by atoms with E-state index in [1.54, 1.807) is 31.2 Å². The molecule has 5 nitrogen and oxygen atoms in total. The van der Waals surface area contributed by atoms with Gasteiger partial charge in [-0.1, -0.05) is 23.7 Å². The van der Waals surface area contributed by atoms with Crippen LogP contribution < -0.4 is 10.6 Å². The van der Waals surface area contributed by atoms with Crippen molar-refractivity contribution in [2.24, 2.45) is 0 Å². The number of hydrogen-bond acceptors (Lipinski definition) is 4. The number of para-hydroxylation sites is 1. The Hall–Kier alpha value is -1.14. The number of halogens is 1. The standard InChI is InChI=1S/C14H22ClN3O2/c1-14(20,10-18(2)3)9-16-8-13(19)17-12-7-5-4-6-11(12)15/h4-7,16,20H,8-10H2,1-3H3,(H,17,19). The van der Waals surface area contributed by atoms with Gasteiger partial charge in [0.05, 0.1) is 22.9 Å². The highest BCUT2D eigenvalue weighted by atomic mass is 35.5. The lowest BCUT2D eigenvalue weighted by molar-refractivity contribution is -0.115. The fraction of sp³-hybridized carbons (Fsp3) is 0.500. The van der Waals surface area contributed by atoms with Gasteiger partial charge in [-0.25, -0.2) is 0 Å². The second kappa shape index (κ2) is 7.59. The van der Waals surface area contributed by atoms with Crippen molar-refractivity contribution < 1.29 is 9.90 Å². The van der Waals surface area contributed by atoms with Gasteiger partial charge in [0.15, 0.2) is 0 Å².